The van der Waals surface area contributed by atoms with Crippen LogP contribution >= 0.6 is 0 Å². The van der Waals surface area contributed by atoms with Gasteiger partial charge in [-0.25, -0.2) is 4.39 Å². The predicted molar refractivity (Wildman–Crippen MR) is 124 cm³/mol. The molecular weight excluding hydrogens is 405 g/mol. The number of nitrogens with one attached hydrogen (secondary N) is 2. The molecule has 32 heavy (non-hydrogen) atoms. The van der Waals surface area contributed by atoms with E-state index in [-0.39, 0.29) is 17.8 Å². The van der Waals surface area contributed by atoms with Gasteiger partial charge in [0.15, 0.2) is 0 Å². The Morgan fingerprint density at radius 2 is 2.16 bits per heavy atom. The summed E-state index contributed by atoms with van der Waals surface area (Å²) in [5.41, 5.74) is 6.48. The van der Waals surface area contributed by atoms with Crippen LogP contribution in [0.15, 0.2) is 48.7 Å². The number of hydrogen-bond acceptors (Lipinski definition) is 3. The molecule has 2 aromatic carbocycles. The third-order valence-corrected chi connectivity index (χ3v) is 6.66. The van der Waals surface area contributed by atoms with Crippen LogP contribution in [0.4, 0.5) is 4.39 Å². The Bertz CT molecular complexity index is 1180. The zero-order chi connectivity index (χ0) is 22.1. The Morgan fingerprint density at radius 3 is 2.97 bits per heavy atom. The highest BCUT2D eigenvalue weighted by molar-refractivity contribution is 5.94. The quantitative estimate of drug-likeness (QED) is 0.625. The van der Waals surface area contributed by atoms with Gasteiger partial charge in [0.1, 0.15) is 5.82 Å². The zero-order valence-electron chi connectivity index (χ0n) is 18.3. The molecule has 1 unspecified atom stereocenters. The average Bonchev–Trinajstić information content (AvgIpc) is 3.25. The first-order valence-corrected chi connectivity index (χ1v) is 11.3. The Balaban J connectivity index is 1.23. The van der Waals surface area contributed by atoms with Gasteiger partial charge in [0, 0.05) is 54.9 Å². The van der Waals surface area contributed by atoms with Crippen molar-refractivity contribution >= 4 is 22.4 Å². The van der Waals surface area contributed by atoms with E-state index in [0.717, 1.165) is 49.8 Å². The second-order valence-corrected chi connectivity index (χ2v) is 8.56. The Morgan fingerprint density at radius 1 is 1.25 bits per heavy atom. The molecule has 0 spiro atoms. The standard InChI is InChI=1S/C26H28FN3O2/c1-28-26(31)19-2-4-21-18(14-19)9-13-32-25(21)8-12-30-10-6-17(7-11-30)23-16-29-24-15-20(27)3-5-22(23)24/h2-6,14-16,25,29H,7-13H2,1H3,(H,28,31). The maximum absolute atomic E-state index is 13.5. The van der Waals surface area contributed by atoms with E-state index in [9.17, 15) is 9.18 Å². The van der Waals surface area contributed by atoms with Crippen molar-refractivity contribution in [2.24, 2.45) is 0 Å². The number of ether oxygens (including phenoxy) is 1. The summed E-state index contributed by atoms with van der Waals surface area (Å²) in [4.78, 5) is 17.6. The largest absolute Gasteiger partial charge is 0.373 e. The van der Waals surface area contributed by atoms with E-state index >= 15 is 0 Å². The molecule has 5 rings (SSSR count). The first kappa shape index (κ1) is 20.9. The summed E-state index contributed by atoms with van der Waals surface area (Å²) in [5.74, 6) is -0.266. The molecule has 0 radical (unpaired) electrons. The van der Waals surface area contributed by atoms with Crippen LogP contribution in [0.3, 0.4) is 0 Å². The first-order chi connectivity index (χ1) is 15.6. The molecule has 6 heteroatoms. The topological polar surface area (TPSA) is 57.4 Å². The number of nitrogens with zero attached hydrogens (tertiary/aromatic N) is 1. The third-order valence-electron chi connectivity index (χ3n) is 6.66. The van der Waals surface area contributed by atoms with Gasteiger partial charge < -0.3 is 15.0 Å². The van der Waals surface area contributed by atoms with Gasteiger partial charge in [-0.3, -0.25) is 9.69 Å². The number of aromatic amines is 1. The summed E-state index contributed by atoms with van der Waals surface area (Å²) in [5, 5.41) is 3.77. The molecule has 2 aliphatic rings. The maximum Gasteiger partial charge on any atom is 0.251 e. The van der Waals surface area contributed by atoms with Crippen LogP contribution in [0, 0.1) is 5.82 Å². The molecule has 5 nitrogen and oxygen atoms in total. The fourth-order valence-electron chi connectivity index (χ4n) is 4.88. The van der Waals surface area contributed by atoms with Gasteiger partial charge in [0.05, 0.1) is 12.7 Å². The van der Waals surface area contributed by atoms with Crippen LogP contribution in [0.1, 0.15) is 46.0 Å². The molecule has 0 saturated heterocycles. The molecule has 1 atom stereocenters. The normalized spacial score (nSPS) is 18.9. The van der Waals surface area contributed by atoms with Crippen LogP contribution in [0.5, 0.6) is 0 Å². The smallest absolute Gasteiger partial charge is 0.251 e. The Labute approximate surface area is 187 Å². The monoisotopic (exact) mass is 433 g/mol. The number of carbonyl (C=O) groups excluding carboxylic acids is 1. The van der Waals surface area contributed by atoms with Gasteiger partial charge in [-0.2, -0.15) is 0 Å². The van der Waals surface area contributed by atoms with E-state index in [1.165, 1.54) is 28.3 Å². The van der Waals surface area contributed by atoms with Crippen molar-refractivity contribution in [2.75, 3.05) is 33.3 Å². The lowest BCUT2D eigenvalue weighted by molar-refractivity contribution is 0.0299. The number of halogens is 1. The van der Waals surface area contributed by atoms with Crippen molar-refractivity contribution in [3.05, 3.63) is 76.7 Å². The minimum atomic E-state index is -0.217. The summed E-state index contributed by atoms with van der Waals surface area (Å²) in [6.07, 6.45) is 7.11. The number of hydrogen-bond donors (Lipinski definition) is 2. The van der Waals surface area contributed by atoms with Crippen molar-refractivity contribution in [2.45, 2.75) is 25.4 Å². The van der Waals surface area contributed by atoms with Gasteiger partial charge in [-0.05, 0) is 66.3 Å². The lowest BCUT2D eigenvalue weighted by atomic mass is 9.93. The van der Waals surface area contributed by atoms with Crippen molar-refractivity contribution in [3.63, 3.8) is 0 Å². The molecule has 3 aromatic rings. The van der Waals surface area contributed by atoms with Crippen LogP contribution in [-0.4, -0.2) is 49.1 Å². The molecular formula is C26H28FN3O2. The second kappa shape index (κ2) is 8.88. The molecule has 1 amide bonds. The summed E-state index contributed by atoms with van der Waals surface area (Å²) in [6.45, 7) is 3.55. The van der Waals surface area contributed by atoms with Gasteiger partial charge in [0.25, 0.3) is 5.91 Å². The number of fused-ring (bicyclic) bond motifs is 2. The van der Waals surface area contributed by atoms with E-state index in [1.807, 2.05) is 24.4 Å². The summed E-state index contributed by atoms with van der Waals surface area (Å²) < 4.78 is 19.6. The summed E-state index contributed by atoms with van der Waals surface area (Å²) in [7, 11) is 1.66. The van der Waals surface area contributed by atoms with Gasteiger partial charge >= 0.3 is 0 Å². The minimum absolute atomic E-state index is 0.0490. The molecule has 166 valence electrons. The molecule has 0 fully saturated rings. The van der Waals surface area contributed by atoms with Gasteiger partial charge in [-0.15, -0.1) is 0 Å². The maximum atomic E-state index is 13.5. The van der Waals surface area contributed by atoms with E-state index in [4.69, 9.17) is 4.74 Å². The minimum Gasteiger partial charge on any atom is -0.373 e. The first-order valence-electron chi connectivity index (χ1n) is 11.3. The molecule has 0 saturated carbocycles. The van der Waals surface area contributed by atoms with E-state index in [2.05, 4.69) is 27.3 Å². The molecule has 0 bridgehead atoms. The number of benzene rings is 2. The molecule has 2 aliphatic heterocycles. The number of amides is 1. The van der Waals surface area contributed by atoms with E-state index in [1.54, 1.807) is 13.1 Å². The van der Waals surface area contributed by atoms with Crippen molar-refractivity contribution in [3.8, 4) is 0 Å². The zero-order valence-corrected chi connectivity index (χ0v) is 18.3. The van der Waals surface area contributed by atoms with Crippen molar-refractivity contribution < 1.29 is 13.9 Å². The molecule has 1 aromatic heterocycles. The number of H-pyrrole nitrogens is 1. The van der Waals surface area contributed by atoms with Crippen LogP contribution in [0.2, 0.25) is 0 Å². The van der Waals surface area contributed by atoms with Crippen LogP contribution < -0.4 is 5.32 Å². The molecule has 2 N–H and O–H groups in total. The van der Waals surface area contributed by atoms with Crippen LogP contribution in [-0.2, 0) is 11.2 Å². The lowest BCUT2D eigenvalue weighted by Crippen LogP contribution is -2.31. The van der Waals surface area contributed by atoms with E-state index in [0.29, 0.717) is 12.2 Å². The van der Waals surface area contributed by atoms with Crippen molar-refractivity contribution in [1.29, 1.82) is 0 Å². The SMILES string of the molecule is CNC(=O)c1ccc2c(c1)CCOC2CCN1CC=C(c2c[nH]c3cc(F)ccc23)CC1. The summed E-state index contributed by atoms with van der Waals surface area (Å²) in [6, 6.07) is 10.9. The highest BCUT2D eigenvalue weighted by atomic mass is 19.1. The third kappa shape index (κ3) is 4.08. The highest BCUT2D eigenvalue weighted by Gasteiger charge is 2.23. The number of carbonyl (C=O) groups is 1. The summed E-state index contributed by atoms with van der Waals surface area (Å²) >= 11 is 0. The predicted octanol–water partition coefficient (Wildman–Crippen LogP) is 4.46. The lowest BCUT2D eigenvalue weighted by Gasteiger charge is -2.31. The highest BCUT2D eigenvalue weighted by Crippen LogP contribution is 2.32. The number of aromatic nitrogens is 1. The fraction of sp³-hybridized carbons (Fsp3) is 0.346. The molecule has 0 aliphatic carbocycles. The van der Waals surface area contributed by atoms with Crippen LogP contribution in [0.25, 0.3) is 16.5 Å². The number of rotatable bonds is 5. The van der Waals surface area contributed by atoms with Gasteiger partial charge in [0.2, 0.25) is 0 Å². The average molecular weight is 434 g/mol. The van der Waals surface area contributed by atoms with E-state index < -0.39 is 0 Å². The Hall–Kier alpha value is -2.96. The Kier molecular flexibility index (Phi) is 5.81. The molecule has 3 heterocycles. The van der Waals surface area contributed by atoms with Crippen molar-refractivity contribution in [1.82, 2.24) is 15.2 Å². The fourth-order valence-corrected chi connectivity index (χ4v) is 4.88. The second-order valence-electron chi connectivity index (χ2n) is 8.56. The van der Waals surface area contributed by atoms with Gasteiger partial charge in [-0.1, -0.05) is 12.1 Å².